The van der Waals surface area contributed by atoms with Gasteiger partial charge in [-0.2, -0.15) is 0 Å². The molecule has 0 saturated carbocycles. The van der Waals surface area contributed by atoms with Crippen LogP contribution in [0.2, 0.25) is 0 Å². The fourth-order valence-corrected chi connectivity index (χ4v) is 3.13. The van der Waals surface area contributed by atoms with E-state index in [2.05, 4.69) is 10.3 Å². The lowest BCUT2D eigenvalue weighted by atomic mass is 10.0. The van der Waals surface area contributed by atoms with Gasteiger partial charge in [-0.3, -0.25) is 9.59 Å². The van der Waals surface area contributed by atoms with Crippen molar-refractivity contribution in [2.75, 3.05) is 7.11 Å². The number of nitrogens with zero attached hydrogens (tertiary/aromatic N) is 2. The highest BCUT2D eigenvalue weighted by atomic mass is 19.1. The Morgan fingerprint density at radius 3 is 2.52 bits per heavy atom. The van der Waals surface area contributed by atoms with Crippen LogP contribution in [0.5, 0.6) is 5.75 Å². The summed E-state index contributed by atoms with van der Waals surface area (Å²) < 4.78 is 20.5. The van der Waals surface area contributed by atoms with E-state index < -0.39 is 6.04 Å². The molecule has 7 heteroatoms. The van der Waals surface area contributed by atoms with E-state index in [1.54, 1.807) is 47.3 Å². The molecule has 1 N–H and O–H groups in total. The lowest BCUT2D eigenvalue weighted by Crippen LogP contribution is -2.32. The van der Waals surface area contributed by atoms with Gasteiger partial charge in [0.25, 0.3) is 0 Å². The smallest absolute Gasteiger partial charge is 0.225 e. The molecule has 0 aliphatic rings. The Balaban J connectivity index is 1.88. The second-order valence-electron chi connectivity index (χ2n) is 6.71. The van der Waals surface area contributed by atoms with Gasteiger partial charge in [-0.1, -0.05) is 12.1 Å². The van der Waals surface area contributed by atoms with Crippen molar-refractivity contribution in [1.82, 2.24) is 14.9 Å². The summed E-state index contributed by atoms with van der Waals surface area (Å²) in [7, 11) is 3.34. The predicted octanol–water partition coefficient (Wildman–Crippen LogP) is 3.22. The van der Waals surface area contributed by atoms with Gasteiger partial charge in [-0.25, -0.2) is 9.37 Å². The molecule has 0 radical (unpaired) electrons. The number of halogens is 1. The van der Waals surface area contributed by atoms with E-state index in [1.165, 1.54) is 26.2 Å². The number of hydrogen-bond acceptors (Lipinski definition) is 4. The molecule has 150 valence electrons. The molecule has 0 spiro atoms. The maximum absolute atomic E-state index is 13.4. The predicted molar refractivity (Wildman–Crippen MR) is 106 cm³/mol. The fraction of sp³-hybridized carbons (Fsp3) is 0.227. The highest BCUT2D eigenvalue weighted by Crippen LogP contribution is 2.23. The topological polar surface area (TPSA) is 73.2 Å². The number of amides is 1. The molecular formula is C22H22FN3O3. The molecule has 6 nitrogen and oxygen atoms in total. The van der Waals surface area contributed by atoms with Crippen molar-refractivity contribution in [2.45, 2.75) is 19.4 Å². The first kappa shape index (κ1) is 20.3. The second kappa shape index (κ2) is 8.68. The summed E-state index contributed by atoms with van der Waals surface area (Å²) in [6.45, 7) is 1.47. The summed E-state index contributed by atoms with van der Waals surface area (Å²) in [5.74, 6) is 0.423. The minimum atomic E-state index is -0.551. The third kappa shape index (κ3) is 4.68. The van der Waals surface area contributed by atoms with Crippen LogP contribution in [0, 0.1) is 5.82 Å². The molecule has 1 heterocycles. The number of carbonyl (C=O) groups is 2. The van der Waals surface area contributed by atoms with Gasteiger partial charge in [0.1, 0.15) is 23.4 Å². The number of Topliss-reactive ketones (excluding diaryl/α,β-unsaturated/α-hetero) is 1. The number of carbonyl (C=O) groups excluding carboxylic acids is 2. The van der Waals surface area contributed by atoms with Crippen molar-refractivity contribution in [3.8, 4) is 5.75 Å². The highest BCUT2D eigenvalue weighted by molar-refractivity contribution is 5.94. The Hall–Kier alpha value is -3.48. The zero-order valence-corrected chi connectivity index (χ0v) is 16.5. The summed E-state index contributed by atoms with van der Waals surface area (Å²) >= 11 is 0. The summed E-state index contributed by atoms with van der Waals surface area (Å²) in [5.41, 5.74) is 1.82. The molecule has 3 rings (SSSR count). The van der Waals surface area contributed by atoms with Crippen molar-refractivity contribution in [3.63, 3.8) is 0 Å². The normalized spacial score (nSPS) is 11.7. The number of imidazole rings is 1. The van der Waals surface area contributed by atoms with Gasteiger partial charge >= 0.3 is 0 Å². The highest BCUT2D eigenvalue weighted by Gasteiger charge is 2.22. The number of benzene rings is 2. The summed E-state index contributed by atoms with van der Waals surface area (Å²) in [6, 6.07) is 10.4. The first-order chi connectivity index (χ1) is 13.9. The van der Waals surface area contributed by atoms with Crippen LogP contribution in [0.1, 0.15) is 40.3 Å². The third-order valence-electron chi connectivity index (χ3n) is 4.66. The van der Waals surface area contributed by atoms with Crippen LogP contribution in [0.25, 0.3) is 0 Å². The molecule has 29 heavy (non-hydrogen) atoms. The van der Waals surface area contributed by atoms with E-state index in [9.17, 15) is 14.0 Å². The number of rotatable bonds is 7. The number of aryl methyl sites for hydroxylation is 1. The largest absolute Gasteiger partial charge is 0.496 e. The lowest BCUT2D eigenvalue weighted by molar-refractivity contribution is -0.121. The van der Waals surface area contributed by atoms with E-state index in [4.69, 9.17) is 4.74 Å². The van der Waals surface area contributed by atoms with E-state index >= 15 is 0 Å². The standard InChI is InChI=1S/C22H22FN3O3/c1-14(27)16-6-9-19(29-3)17(12-16)13-20(28)25-21(22-24-10-11-26(22)2)15-4-7-18(23)8-5-15/h4-12,21H,13H2,1-3H3,(H,25,28). The van der Waals surface area contributed by atoms with Crippen LogP contribution in [-0.4, -0.2) is 28.4 Å². The van der Waals surface area contributed by atoms with Gasteiger partial charge in [-0.15, -0.1) is 0 Å². The average molecular weight is 395 g/mol. The number of methoxy groups -OCH3 is 1. The van der Waals surface area contributed by atoms with Crippen LogP contribution < -0.4 is 10.1 Å². The minimum Gasteiger partial charge on any atom is -0.496 e. The monoisotopic (exact) mass is 395 g/mol. The molecule has 0 saturated heterocycles. The SMILES string of the molecule is COc1ccc(C(C)=O)cc1CC(=O)NC(c1ccc(F)cc1)c1nccn1C. The van der Waals surface area contributed by atoms with Crippen LogP contribution in [0.15, 0.2) is 54.9 Å². The van der Waals surface area contributed by atoms with Crippen LogP contribution in [-0.2, 0) is 18.3 Å². The molecule has 1 aromatic heterocycles. The van der Waals surface area contributed by atoms with Gasteiger partial charge in [0, 0.05) is 30.6 Å². The number of ether oxygens (including phenoxy) is 1. The Bertz CT molecular complexity index is 1030. The quantitative estimate of drug-likeness (QED) is 0.624. The first-order valence-corrected chi connectivity index (χ1v) is 9.09. The van der Waals surface area contributed by atoms with Crippen LogP contribution in [0.3, 0.4) is 0 Å². The number of hydrogen-bond donors (Lipinski definition) is 1. The van der Waals surface area contributed by atoms with Gasteiger partial charge in [-0.05, 0) is 42.8 Å². The molecule has 1 atom stereocenters. The Labute approximate surface area is 168 Å². The zero-order valence-electron chi connectivity index (χ0n) is 16.5. The zero-order chi connectivity index (χ0) is 21.0. The molecule has 0 fully saturated rings. The molecule has 1 unspecified atom stereocenters. The van der Waals surface area contributed by atoms with E-state index in [1.807, 2.05) is 7.05 Å². The fourth-order valence-electron chi connectivity index (χ4n) is 3.13. The van der Waals surface area contributed by atoms with Crippen molar-refractivity contribution in [3.05, 3.63) is 83.2 Å². The van der Waals surface area contributed by atoms with E-state index in [0.29, 0.717) is 28.3 Å². The molecule has 0 bridgehead atoms. The molecular weight excluding hydrogens is 373 g/mol. The van der Waals surface area contributed by atoms with Gasteiger partial charge in [0.05, 0.1) is 13.5 Å². The van der Waals surface area contributed by atoms with Gasteiger partial charge in [0.2, 0.25) is 5.91 Å². The van der Waals surface area contributed by atoms with Crippen molar-refractivity contribution < 1.29 is 18.7 Å². The number of aromatic nitrogens is 2. The first-order valence-electron chi connectivity index (χ1n) is 9.09. The molecule has 3 aromatic rings. The summed E-state index contributed by atoms with van der Waals surface area (Å²) in [5, 5.41) is 2.96. The number of ketones is 1. The Kier molecular flexibility index (Phi) is 6.07. The van der Waals surface area contributed by atoms with Crippen LogP contribution >= 0.6 is 0 Å². The third-order valence-corrected chi connectivity index (χ3v) is 4.66. The van der Waals surface area contributed by atoms with E-state index in [-0.39, 0.29) is 23.9 Å². The number of nitrogens with one attached hydrogen (secondary N) is 1. The molecule has 1 amide bonds. The van der Waals surface area contributed by atoms with Crippen LogP contribution in [0.4, 0.5) is 4.39 Å². The summed E-state index contributed by atoms with van der Waals surface area (Å²) in [6.07, 6.45) is 3.43. The Morgan fingerprint density at radius 1 is 1.21 bits per heavy atom. The van der Waals surface area contributed by atoms with Crippen molar-refractivity contribution in [1.29, 1.82) is 0 Å². The second-order valence-corrected chi connectivity index (χ2v) is 6.71. The molecule has 0 aliphatic carbocycles. The van der Waals surface area contributed by atoms with Gasteiger partial charge in [0.15, 0.2) is 5.78 Å². The Morgan fingerprint density at radius 2 is 1.93 bits per heavy atom. The lowest BCUT2D eigenvalue weighted by Gasteiger charge is -2.20. The minimum absolute atomic E-state index is 0.0202. The maximum atomic E-state index is 13.4. The van der Waals surface area contributed by atoms with Crippen molar-refractivity contribution in [2.24, 2.45) is 7.05 Å². The summed E-state index contributed by atoms with van der Waals surface area (Å²) in [4.78, 5) is 28.9. The van der Waals surface area contributed by atoms with E-state index in [0.717, 1.165) is 0 Å². The molecule has 0 aliphatic heterocycles. The average Bonchev–Trinajstić information content (AvgIpc) is 3.12. The maximum Gasteiger partial charge on any atom is 0.225 e. The van der Waals surface area contributed by atoms with Gasteiger partial charge < -0.3 is 14.6 Å². The van der Waals surface area contributed by atoms with Crippen molar-refractivity contribution >= 4 is 11.7 Å². The molecule has 2 aromatic carbocycles.